The van der Waals surface area contributed by atoms with Gasteiger partial charge in [-0.15, -0.1) is 0 Å². The number of hydrogen-bond acceptors (Lipinski definition) is 2. The van der Waals surface area contributed by atoms with Crippen molar-refractivity contribution in [3.63, 3.8) is 0 Å². The van der Waals surface area contributed by atoms with Gasteiger partial charge in [-0.25, -0.2) is 0 Å². The Morgan fingerprint density at radius 1 is 1.33 bits per heavy atom. The summed E-state index contributed by atoms with van der Waals surface area (Å²) in [4.78, 5) is 2.54. The Labute approximate surface area is 95.4 Å². The zero-order chi connectivity index (χ0) is 11.7. The maximum atomic E-state index is 3.58. The minimum absolute atomic E-state index is 0.315. The zero-order valence-electron chi connectivity index (χ0n) is 11.4. The Morgan fingerprint density at radius 3 is 2.40 bits per heavy atom. The summed E-state index contributed by atoms with van der Waals surface area (Å²) >= 11 is 0. The van der Waals surface area contributed by atoms with Gasteiger partial charge in [0.05, 0.1) is 0 Å². The molecule has 1 N–H and O–H groups in total. The van der Waals surface area contributed by atoms with Crippen LogP contribution in [0.15, 0.2) is 0 Å². The number of nitrogens with one attached hydrogen (secondary N) is 1. The lowest BCUT2D eigenvalue weighted by molar-refractivity contribution is 0.111. The van der Waals surface area contributed by atoms with Crippen molar-refractivity contribution in [1.29, 1.82) is 0 Å². The van der Waals surface area contributed by atoms with E-state index in [1.807, 2.05) is 0 Å². The Balaban J connectivity index is 2.49. The first-order valence-corrected chi connectivity index (χ1v) is 6.15. The molecule has 0 spiro atoms. The van der Waals surface area contributed by atoms with Crippen LogP contribution in [-0.2, 0) is 0 Å². The molecule has 0 radical (unpaired) electrons. The van der Waals surface area contributed by atoms with E-state index in [1.54, 1.807) is 0 Å². The average molecular weight is 212 g/mol. The molecule has 1 atom stereocenters. The highest BCUT2D eigenvalue weighted by Gasteiger charge is 2.30. The summed E-state index contributed by atoms with van der Waals surface area (Å²) in [5.74, 6) is 0. The summed E-state index contributed by atoms with van der Waals surface area (Å²) in [5, 5.41) is 3.58. The van der Waals surface area contributed by atoms with Crippen LogP contribution in [0.25, 0.3) is 0 Å². The fourth-order valence-electron chi connectivity index (χ4n) is 2.59. The SMILES string of the molecule is CN(CC(C)(C)C)C1CCNC(C)(C)C1. The molecule has 0 bridgehead atoms. The van der Waals surface area contributed by atoms with E-state index < -0.39 is 0 Å². The van der Waals surface area contributed by atoms with E-state index in [9.17, 15) is 0 Å². The van der Waals surface area contributed by atoms with Crippen LogP contribution in [-0.4, -0.2) is 36.6 Å². The Hall–Kier alpha value is -0.0800. The molecule has 2 nitrogen and oxygen atoms in total. The quantitative estimate of drug-likeness (QED) is 0.756. The Bertz CT molecular complexity index is 203. The molecule has 1 rings (SSSR count). The first kappa shape index (κ1) is 13.0. The Morgan fingerprint density at radius 2 is 1.93 bits per heavy atom. The minimum Gasteiger partial charge on any atom is -0.312 e. The van der Waals surface area contributed by atoms with Crippen molar-refractivity contribution in [2.45, 2.75) is 59.0 Å². The van der Waals surface area contributed by atoms with Gasteiger partial charge in [-0.05, 0) is 45.7 Å². The van der Waals surface area contributed by atoms with Gasteiger partial charge in [-0.3, -0.25) is 0 Å². The van der Waals surface area contributed by atoms with Gasteiger partial charge >= 0.3 is 0 Å². The molecule has 0 aromatic carbocycles. The van der Waals surface area contributed by atoms with Gasteiger partial charge in [0, 0.05) is 18.1 Å². The van der Waals surface area contributed by atoms with Crippen molar-refractivity contribution in [3.05, 3.63) is 0 Å². The van der Waals surface area contributed by atoms with E-state index in [0.29, 0.717) is 11.0 Å². The van der Waals surface area contributed by atoms with Crippen molar-refractivity contribution in [2.24, 2.45) is 5.41 Å². The molecule has 0 aromatic heterocycles. The first-order chi connectivity index (χ1) is 6.70. The molecule has 1 fully saturated rings. The predicted molar refractivity (Wildman–Crippen MR) is 67.2 cm³/mol. The molecule has 0 saturated carbocycles. The van der Waals surface area contributed by atoms with Crippen molar-refractivity contribution < 1.29 is 0 Å². The number of hydrogen-bond donors (Lipinski definition) is 1. The van der Waals surface area contributed by atoms with Crippen LogP contribution in [0.1, 0.15) is 47.5 Å². The molecule has 0 aromatic rings. The second-order valence-electron chi connectivity index (χ2n) is 6.93. The second kappa shape index (κ2) is 4.42. The fraction of sp³-hybridized carbons (Fsp3) is 1.00. The molecule has 1 heterocycles. The molecule has 1 saturated heterocycles. The number of rotatable bonds is 2. The van der Waals surface area contributed by atoms with Crippen LogP contribution in [0.4, 0.5) is 0 Å². The normalized spacial score (nSPS) is 27.0. The lowest BCUT2D eigenvalue weighted by Gasteiger charge is -2.42. The maximum absolute atomic E-state index is 3.58. The molecule has 1 unspecified atom stereocenters. The van der Waals surface area contributed by atoms with Gasteiger partial charge in [-0.1, -0.05) is 20.8 Å². The topological polar surface area (TPSA) is 15.3 Å². The monoisotopic (exact) mass is 212 g/mol. The highest BCUT2D eigenvalue weighted by atomic mass is 15.2. The molecular formula is C13H28N2. The standard InChI is InChI=1S/C13H28N2/c1-12(2,3)10-15(6)11-7-8-14-13(4,5)9-11/h11,14H,7-10H2,1-6H3. The van der Waals surface area contributed by atoms with E-state index in [2.05, 4.69) is 51.9 Å². The summed E-state index contributed by atoms with van der Waals surface area (Å²) in [5.41, 5.74) is 0.721. The smallest absolute Gasteiger partial charge is 0.0140 e. The number of nitrogens with zero attached hydrogens (tertiary/aromatic N) is 1. The van der Waals surface area contributed by atoms with Gasteiger partial charge in [0.1, 0.15) is 0 Å². The molecule has 1 aliphatic rings. The minimum atomic E-state index is 0.315. The molecule has 1 aliphatic heterocycles. The highest BCUT2D eigenvalue weighted by Crippen LogP contribution is 2.24. The van der Waals surface area contributed by atoms with Crippen molar-refractivity contribution >= 4 is 0 Å². The lowest BCUT2D eigenvalue weighted by atomic mass is 9.87. The van der Waals surface area contributed by atoms with Gasteiger partial charge < -0.3 is 10.2 Å². The van der Waals surface area contributed by atoms with E-state index in [0.717, 1.165) is 12.6 Å². The van der Waals surface area contributed by atoms with Crippen LogP contribution >= 0.6 is 0 Å². The zero-order valence-corrected chi connectivity index (χ0v) is 11.4. The summed E-state index contributed by atoms with van der Waals surface area (Å²) < 4.78 is 0. The molecule has 0 aliphatic carbocycles. The summed E-state index contributed by atoms with van der Waals surface area (Å²) in [6, 6.07) is 0.750. The van der Waals surface area contributed by atoms with Crippen LogP contribution in [0.3, 0.4) is 0 Å². The first-order valence-electron chi connectivity index (χ1n) is 6.15. The van der Waals surface area contributed by atoms with Crippen LogP contribution in [0, 0.1) is 5.41 Å². The van der Waals surface area contributed by atoms with E-state index in [4.69, 9.17) is 0 Å². The molecule has 15 heavy (non-hydrogen) atoms. The maximum Gasteiger partial charge on any atom is 0.0140 e. The molecule has 2 heteroatoms. The van der Waals surface area contributed by atoms with Crippen LogP contribution in [0.5, 0.6) is 0 Å². The van der Waals surface area contributed by atoms with Crippen molar-refractivity contribution in [1.82, 2.24) is 10.2 Å². The second-order valence-corrected chi connectivity index (χ2v) is 6.93. The van der Waals surface area contributed by atoms with Gasteiger partial charge in [-0.2, -0.15) is 0 Å². The van der Waals surface area contributed by atoms with Gasteiger partial charge in [0.2, 0.25) is 0 Å². The largest absolute Gasteiger partial charge is 0.312 e. The van der Waals surface area contributed by atoms with Crippen LogP contribution < -0.4 is 5.32 Å². The summed E-state index contributed by atoms with van der Waals surface area (Å²) in [6.45, 7) is 13.9. The predicted octanol–water partition coefficient (Wildman–Crippen LogP) is 2.49. The molecule has 90 valence electrons. The third-order valence-corrected chi connectivity index (χ3v) is 3.17. The fourth-order valence-corrected chi connectivity index (χ4v) is 2.59. The number of piperidine rings is 1. The van der Waals surface area contributed by atoms with Crippen molar-refractivity contribution in [3.8, 4) is 0 Å². The summed E-state index contributed by atoms with van der Waals surface area (Å²) in [6.07, 6.45) is 2.55. The average Bonchev–Trinajstić information content (AvgIpc) is 1.99. The van der Waals surface area contributed by atoms with Crippen molar-refractivity contribution in [2.75, 3.05) is 20.1 Å². The third-order valence-electron chi connectivity index (χ3n) is 3.17. The molecular weight excluding hydrogens is 184 g/mol. The van der Waals surface area contributed by atoms with E-state index in [1.165, 1.54) is 19.4 Å². The highest BCUT2D eigenvalue weighted by molar-refractivity contribution is 4.90. The van der Waals surface area contributed by atoms with E-state index in [-0.39, 0.29) is 0 Å². The van der Waals surface area contributed by atoms with Crippen LogP contribution in [0.2, 0.25) is 0 Å². The summed E-state index contributed by atoms with van der Waals surface area (Å²) in [7, 11) is 2.28. The van der Waals surface area contributed by atoms with Gasteiger partial charge in [0.15, 0.2) is 0 Å². The Kier molecular flexibility index (Phi) is 3.83. The third kappa shape index (κ3) is 4.52. The molecule has 0 amide bonds. The van der Waals surface area contributed by atoms with E-state index >= 15 is 0 Å². The van der Waals surface area contributed by atoms with Gasteiger partial charge in [0.25, 0.3) is 0 Å². The lowest BCUT2D eigenvalue weighted by Crippen LogP contribution is -2.53.